The number of hydrogen-bond acceptors (Lipinski definition) is 5. The molecule has 6 heteroatoms. The van der Waals surface area contributed by atoms with Crippen LogP contribution in [0.5, 0.6) is 11.8 Å². The van der Waals surface area contributed by atoms with E-state index in [1.807, 2.05) is 42.5 Å². The first-order valence-electron chi connectivity index (χ1n) is 9.60. The number of aromatic nitrogens is 3. The normalized spacial score (nSPS) is 13.3. The fourth-order valence-corrected chi connectivity index (χ4v) is 3.64. The van der Waals surface area contributed by atoms with E-state index in [2.05, 4.69) is 20.6 Å². The van der Waals surface area contributed by atoms with Crippen molar-refractivity contribution in [3.05, 3.63) is 66.5 Å². The molecule has 29 heavy (non-hydrogen) atoms. The van der Waals surface area contributed by atoms with Gasteiger partial charge in [0.2, 0.25) is 0 Å². The van der Waals surface area contributed by atoms with Crippen molar-refractivity contribution in [2.75, 3.05) is 5.73 Å². The third-order valence-corrected chi connectivity index (χ3v) is 5.22. The maximum Gasteiger partial charge on any atom is 0.321 e. The average molecular weight is 381 g/mol. The Labute approximate surface area is 168 Å². The van der Waals surface area contributed by atoms with Gasteiger partial charge in [-0.3, -0.25) is 0 Å². The minimum absolute atomic E-state index is 0.298. The minimum Gasteiger partial charge on any atom is -0.424 e. The Hall–Kier alpha value is -3.85. The van der Waals surface area contributed by atoms with Crippen LogP contribution >= 0.6 is 0 Å². The number of nitriles is 1. The SMILES string of the molecule is N#Cc1c(-c2ccc(N)cc2)n(CC2CC2)c2cc(Oc3ncccn3)ccc12. The summed E-state index contributed by atoms with van der Waals surface area (Å²) in [6.45, 7) is 0.878. The molecule has 0 atom stereocenters. The van der Waals surface area contributed by atoms with Crippen molar-refractivity contribution < 1.29 is 4.74 Å². The lowest BCUT2D eigenvalue weighted by Crippen LogP contribution is -2.02. The van der Waals surface area contributed by atoms with Gasteiger partial charge in [-0.2, -0.15) is 5.26 Å². The summed E-state index contributed by atoms with van der Waals surface area (Å²) in [5.74, 6) is 1.29. The second kappa shape index (κ2) is 6.95. The number of ether oxygens (including phenoxy) is 1. The largest absolute Gasteiger partial charge is 0.424 e. The summed E-state index contributed by atoms with van der Waals surface area (Å²) >= 11 is 0. The molecular weight excluding hydrogens is 362 g/mol. The predicted molar refractivity (Wildman–Crippen MR) is 111 cm³/mol. The van der Waals surface area contributed by atoms with Gasteiger partial charge in [-0.15, -0.1) is 0 Å². The van der Waals surface area contributed by atoms with Crippen molar-refractivity contribution in [2.24, 2.45) is 5.92 Å². The molecule has 0 aliphatic heterocycles. The van der Waals surface area contributed by atoms with Crippen LogP contribution in [0, 0.1) is 17.2 Å². The number of anilines is 1. The summed E-state index contributed by atoms with van der Waals surface area (Å²) in [5, 5.41) is 10.9. The highest BCUT2D eigenvalue weighted by atomic mass is 16.5. The summed E-state index contributed by atoms with van der Waals surface area (Å²) in [6.07, 6.45) is 5.72. The lowest BCUT2D eigenvalue weighted by atomic mass is 10.1. The fraction of sp³-hybridized carbons (Fsp3) is 0.174. The summed E-state index contributed by atoms with van der Waals surface area (Å²) < 4.78 is 8.08. The summed E-state index contributed by atoms with van der Waals surface area (Å²) in [5.41, 5.74) is 10.2. The summed E-state index contributed by atoms with van der Waals surface area (Å²) in [7, 11) is 0. The number of rotatable bonds is 5. The van der Waals surface area contributed by atoms with E-state index in [1.54, 1.807) is 18.5 Å². The van der Waals surface area contributed by atoms with E-state index in [1.165, 1.54) is 12.8 Å². The number of hydrogen-bond donors (Lipinski definition) is 1. The predicted octanol–water partition coefficient (Wildman–Crippen LogP) is 4.75. The Morgan fingerprint density at radius 1 is 1.10 bits per heavy atom. The van der Waals surface area contributed by atoms with Crippen LogP contribution in [0.3, 0.4) is 0 Å². The zero-order chi connectivity index (χ0) is 19.8. The Morgan fingerprint density at radius 3 is 2.55 bits per heavy atom. The minimum atomic E-state index is 0.298. The van der Waals surface area contributed by atoms with E-state index in [0.717, 1.165) is 28.7 Å². The number of fused-ring (bicyclic) bond motifs is 1. The molecule has 0 amide bonds. The molecule has 2 N–H and O–H groups in total. The van der Waals surface area contributed by atoms with E-state index in [0.29, 0.717) is 28.9 Å². The third-order valence-electron chi connectivity index (χ3n) is 5.22. The van der Waals surface area contributed by atoms with Crippen LogP contribution in [0.2, 0.25) is 0 Å². The maximum atomic E-state index is 9.96. The van der Waals surface area contributed by atoms with Crippen LogP contribution in [-0.2, 0) is 6.54 Å². The Kier molecular flexibility index (Phi) is 4.14. The highest BCUT2D eigenvalue weighted by molar-refractivity contribution is 5.95. The molecule has 1 aliphatic rings. The molecule has 0 saturated heterocycles. The quantitative estimate of drug-likeness (QED) is 0.504. The zero-order valence-electron chi connectivity index (χ0n) is 15.7. The first-order valence-corrected chi connectivity index (χ1v) is 9.60. The maximum absolute atomic E-state index is 9.96. The molecule has 1 fully saturated rings. The van der Waals surface area contributed by atoms with Gasteiger partial charge in [-0.25, -0.2) is 9.97 Å². The Bertz CT molecular complexity index is 1220. The topological polar surface area (TPSA) is 89.8 Å². The van der Waals surface area contributed by atoms with Gasteiger partial charge in [-0.05, 0) is 54.7 Å². The molecule has 0 unspecified atom stereocenters. The molecule has 2 aromatic carbocycles. The van der Waals surface area contributed by atoms with Crippen LogP contribution in [0.4, 0.5) is 5.69 Å². The Balaban J connectivity index is 1.68. The van der Waals surface area contributed by atoms with Gasteiger partial charge in [0.15, 0.2) is 0 Å². The van der Waals surface area contributed by atoms with Gasteiger partial charge in [0.1, 0.15) is 11.8 Å². The van der Waals surface area contributed by atoms with Crippen molar-refractivity contribution in [3.8, 4) is 29.1 Å². The monoisotopic (exact) mass is 381 g/mol. The lowest BCUT2D eigenvalue weighted by Gasteiger charge is -2.11. The van der Waals surface area contributed by atoms with E-state index in [4.69, 9.17) is 10.5 Å². The van der Waals surface area contributed by atoms with E-state index in [9.17, 15) is 5.26 Å². The van der Waals surface area contributed by atoms with E-state index >= 15 is 0 Å². The summed E-state index contributed by atoms with van der Waals surface area (Å²) in [4.78, 5) is 8.25. The van der Waals surface area contributed by atoms with Crippen LogP contribution < -0.4 is 10.5 Å². The first-order chi connectivity index (χ1) is 14.2. The van der Waals surface area contributed by atoms with Crippen LogP contribution in [-0.4, -0.2) is 14.5 Å². The van der Waals surface area contributed by atoms with Crippen LogP contribution in [0.15, 0.2) is 60.9 Å². The van der Waals surface area contributed by atoms with Gasteiger partial charge in [-0.1, -0.05) is 12.1 Å². The number of nitrogens with two attached hydrogens (primary N) is 1. The van der Waals surface area contributed by atoms with Crippen molar-refractivity contribution >= 4 is 16.6 Å². The second-order valence-corrected chi connectivity index (χ2v) is 7.32. The van der Waals surface area contributed by atoms with Crippen molar-refractivity contribution in [1.82, 2.24) is 14.5 Å². The molecule has 4 aromatic rings. The second-order valence-electron chi connectivity index (χ2n) is 7.32. The van der Waals surface area contributed by atoms with E-state index < -0.39 is 0 Å². The molecule has 0 spiro atoms. The molecule has 6 nitrogen and oxygen atoms in total. The molecule has 2 aromatic heterocycles. The molecular formula is C23H19N5O. The number of nitrogens with zero attached hydrogens (tertiary/aromatic N) is 4. The molecule has 0 radical (unpaired) electrons. The third kappa shape index (κ3) is 3.27. The van der Waals surface area contributed by atoms with Gasteiger partial charge in [0.05, 0.1) is 16.8 Å². The molecule has 142 valence electrons. The molecule has 5 rings (SSSR count). The first kappa shape index (κ1) is 17.3. The highest BCUT2D eigenvalue weighted by Crippen LogP contribution is 2.39. The van der Waals surface area contributed by atoms with Crippen molar-refractivity contribution in [3.63, 3.8) is 0 Å². The summed E-state index contributed by atoms with van der Waals surface area (Å²) in [6, 6.07) is 17.9. The fourth-order valence-electron chi connectivity index (χ4n) is 3.64. The van der Waals surface area contributed by atoms with Crippen molar-refractivity contribution in [2.45, 2.75) is 19.4 Å². The number of benzene rings is 2. The van der Waals surface area contributed by atoms with Gasteiger partial charge < -0.3 is 15.0 Å². The van der Waals surface area contributed by atoms with Crippen LogP contribution in [0.1, 0.15) is 18.4 Å². The Morgan fingerprint density at radius 2 is 1.86 bits per heavy atom. The van der Waals surface area contributed by atoms with Crippen molar-refractivity contribution in [1.29, 1.82) is 5.26 Å². The molecule has 1 saturated carbocycles. The van der Waals surface area contributed by atoms with Gasteiger partial charge in [0, 0.05) is 36.1 Å². The number of nitrogen functional groups attached to an aromatic ring is 1. The van der Waals surface area contributed by atoms with Gasteiger partial charge >= 0.3 is 6.01 Å². The molecule has 2 heterocycles. The molecule has 0 bridgehead atoms. The zero-order valence-corrected chi connectivity index (χ0v) is 15.7. The lowest BCUT2D eigenvalue weighted by molar-refractivity contribution is 0.442. The van der Waals surface area contributed by atoms with E-state index in [-0.39, 0.29) is 0 Å². The smallest absolute Gasteiger partial charge is 0.321 e. The highest BCUT2D eigenvalue weighted by Gasteiger charge is 2.26. The molecule has 1 aliphatic carbocycles. The average Bonchev–Trinajstić information content (AvgIpc) is 3.51. The van der Waals surface area contributed by atoms with Gasteiger partial charge in [0.25, 0.3) is 0 Å². The van der Waals surface area contributed by atoms with Crippen LogP contribution in [0.25, 0.3) is 22.2 Å². The standard InChI is InChI=1S/C23H19N5O/c24-13-20-19-9-8-18(29-23-26-10-1-11-27-23)12-21(19)28(14-15-2-3-15)22(20)16-4-6-17(25)7-5-16/h1,4-12,15H,2-3,14,25H2.